The monoisotopic (exact) mass is 779 g/mol. The first-order valence-electron chi connectivity index (χ1n) is 20.9. The Balaban J connectivity index is 1.23. The van der Waals surface area contributed by atoms with Crippen LogP contribution in [0.3, 0.4) is 0 Å². The van der Waals surface area contributed by atoms with Crippen LogP contribution in [0.2, 0.25) is 0 Å². The van der Waals surface area contributed by atoms with Crippen LogP contribution < -0.4 is 0 Å². The summed E-state index contributed by atoms with van der Waals surface area (Å²) in [5.41, 5.74) is 11.9. The van der Waals surface area contributed by atoms with E-state index in [0.29, 0.717) is 0 Å². The fourth-order valence-corrected chi connectivity index (χ4v) is 10.4. The van der Waals surface area contributed by atoms with Crippen molar-refractivity contribution in [2.45, 2.75) is 6.92 Å². The smallest absolute Gasteiger partial charge is 0.220 e. The largest absolute Gasteiger partial charge is 0.309 e. The summed E-state index contributed by atoms with van der Waals surface area (Å²) in [6, 6.07) is 64.0. The molecule has 13 aromatic rings. The van der Waals surface area contributed by atoms with Gasteiger partial charge < -0.3 is 8.97 Å². The molecule has 0 aliphatic carbocycles. The summed E-state index contributed by atoms with van der Waals surface area (Å²) in [7, 11) is 0. The van der Waals surface area contributed by atoms with Gasteiger partial charge in [0, 0.05) is 38.0 Å². The van der Waals surface area contributed by atoms with Gasteiger partial charge in [-0.1, -0.05) is 140 Å². The molecule has 0 amide bonds. The number of imidazole rings is 2. The third-order valence-electron chi connectivity index (χ3n) is 12.8. The van der Waals surface area contributed by atoms with Crippen molar-refractivity contribution in [2.75, 3.05) is 0 Å². The number of aromatic nitrogens is 5. The van der Waals surface area contributed by atoms with Crippen LogP contribution >= 0.6 is 0 Å². The Labute approximate surface area is 350 Å². The molecule has 0 N–H and O–H groups in total. The van der Waals surface area contributed by atoms with E-state index in [-0.39, 0.29) is 0 Å². The van der Waals surface area contributed by atoms with Gasteiger partial charge in [0.1, 0.15) is 0 Å². The zero-order chi connectivity index (χ0) is 40.3. The fourth-order valence-electron chi connectivity index (χ4n) is 10.4. The molecule has 5 heteroatoms. The lowest BCUT2D eigenvalue weighted by Gasteiger charge is -2.12. The first-order chi connectivity index (χ1) is 30.2. The van der Waals surface area contributed by atoms with Gasteiger partial charge in [-0.15, -0.1) is 0 Å². The van der Waals surface area contributed by atoms with Crippen molar-refractivity contribution in [3.63, 3.8) is 0 Å². The molecule has 0 saturated carbocycles. The number of nitrogens with zero attached hydrogens (tertiary/aromatic N) is 5. The molecule has 8 aromatic carbocycles. The quantitative estimate of drug-likeness (QED) is 0.175. The predicted molar refractivity (Wildman–Crippen MR) is 258 cm³/mol. The van der Waals surface area contributed by atoms with Crippen LogP contribution in [0.1, 0.15) is 18.3 Å². The molecule has 286 valence electrons. The predicted octanol–water partition coefficient (Wildman–Crippen LogP) is 14.6. The zero-order valence-electron chi connectivity index (χ0n) is 33.4. The average Bonchev–Trinajstić information content (AvgIpc) is 4.04. The topological polar surface area (TPSA) is 31.6 Å². The lowest BCUT2D eigenvalue weighted by molar-refractivity contribution is 1.06. The van der Waals surface area contributed by atoms with E-state index in [1.807, 2.05) is 6.08 Å². The van der Waals surface area contributed by atoms with Crippen molar-refractivity contribution in [1.82, 2.24) is 22.9 Å². The third kappa shape index (κ3) is 4.52. The Bertz CT molecular complexity index is 4040. The van der Waals surface area contributed by atoms with Crippen LogP contribution in [0.5, 0.6) is 0 Å². The number of fused-ring (bicyclic) bond motifs is 17. The van der Waals surface area contributed by atoms with Gasteiger partial charge in [-0.2, -0.15) is 0 Å². The molecule has 5 heterocycles. The van der Waals surface area contributed by atoms with Gasteiger partial charge in [0.25, 0.3) is 0 Å². The zero-order valence-corrected chi connectivity index (χ0v) is 33.4. The van der Waals surface area contributed by atoms with Crippen LogP contribution in [-0.4, -0.2) is 22.9 Å². The summed E-state index contributed by atoms with van der Waals surface area (Å²) in [6.07, 6.45) is 6.29. The van der Waals surface area contributed by atoms with E-state index in [2.05, 4.69) is 220 Å². The summed E-state index contributed by atoms with van der Waals surface area (Å²) < 4.78 is 9.53. The fraction of sp³-hybridized carbons (Fsp3) is 0.0179. The van der Waals surface area contributed by atoms with Gasteiger partial charge in [0.05, 0.1) is 55.7 Å². The Kier molecular flexibility index (Phi) is 7.02. The van der Waals surface area contributed by atoms with Crippen molar-refractivity contribution < 1.29 is 0 Å². The Morgan fingerprint density at radius 3 is 1.49 bits per heavy atom. The maximum absolute atomic E-state index is 5.66. The van der Waals surface area contributed by atoms with E-state index in [1.165, 1.54) is 54.1 Å². The van der Waals surface area contributed by atoms with Gasteiger partial charge in [-0.3, -0.25) is 8.97 Å². The maximum Gasteiger partial charge on any atom is 0.220 e. The van der Waals surface area contributed by atoms with E-state index in [0.717, 1.165) is 66.9 Å². The van der Waals surface area contributed by atoms with Crippen molar-refractivity contribution in [1.29, 1.82) is 0 Å². The summed E-state index contributed by atoms with van der Waals surface area (Å²) in [4.78, 5) is 5.66. The van der Waals surface area contributed by atoms with Crippen LogP contribution in [0.25, 0.3) is 122 Å². The molecule has 0 spiro atoms. The second kappa shape index (κ2) is 12.7. The Hall–Kier alpha value is -8.15. The highest BCUT2D eigenvalue weighted by atomic mass is 15.2. The average molecular weight is 780 g/mol. The van der Waals surface area contributed by atoms with Crippen molar-refractivity contribution >= 4 is 110 Å². The van der Waals surface area contributed by atoms with Gasteiger partial charge in [0.2, 0.25) is 5.78 Å². The van der Waals surface area contributed by atoms with Crippen molar-refractivity contribution in [3.8, 4) is 11.4 Å². The van der Waals surface area contributed by atoms with Gasteiger partial charge in [0.15, 0.2) is 0 Å². The maximum atomic E-state index is 5.66. The number of para-hydroxylation sites is 4. The molecule has 5 nitrogen and oxygen atoms in total. The molecular weight excluding hydrogens is 743 g/mol. The second-order valence-corrected chi connectivity index (χ2v) is 15.9. The minimum absolute atomic E-state index is 0.832. The molecule has 0 fully saturated rings. The summed E-state index contributed by atoms with van der Waals surface area (Å²) in [6.45, 7) is 6.53. The first-order valence-corrected chi connectivity index (χ1v) is 20.9. The molecular formula is C56H37N5. The van der Waals surface area contributed by atoms with Crippen LogP contribution in [0.15, 0.2) is 189 Å². The summed E-state index contributed by atoms with van der Waals surface area (Å²) in [5, 5.41) is 12.0. The molecule has 0 saturated heterocycles. The van der Waals surface area contributed by atoms with Crippen molar-refractivity contribution in [3.05, 3.63) is 200 Å². The molecule has 0 unspecified atom stereocenters. The normalized spacial score (nSPS) is 12.3. The van der Waals surface area contributed by atoms with Crippen LogP contribution in [0.4, 0.5) is 0 Å². The first kappa shape index (κ1) is 33.8. The highest BCUT2D eigenvalue weighted by molar-refractivity contribution is 6.31. The molecule has 0 bridgehead atoms. The summed E-state index contributed by atoms with van der Waals surface area (Å²) in [5.74, 6) is 0.832. The molecule has 61 heavy (non-hydrogen) atoms. The number of allylic oxidation sites excluding steroid dienone is 1. The molecule has 0 aliphatic heterocycles. The minimum atomic E-state index is 0.832. The number of benzene rings is 8. The molecule has 0 atom stereocenters. The number of hydrogen-bond acceptors (Lipinski definition) is 1. The van der Waals surface area contributed by atoms with E-state index in [1.54, 1.807) is 0 Å². The summed E-state index contributed by atoms with van der Waals surface area (Å²) >= 11 is 0. The third-order valence-corrected chi connectivity index (χ3v) is 12.8. The molecule has 13 rings (SSSR count). The van der Waals surface area contributed by atoms with Gasteiger partial charge >= 0.3 is 0 Å². The van der Waals surface area contributed by atoms with Crippen LogP contribution in [-0.2, 0) is 0 Å². The van der Waals surface area contributed by atoms with E-state index < -0.39 is 0 Å². The van der Waals surface area contributed by atoms with E-state index >= 15 is 0 Å². The molecule has 0 aliphatic rings. The number of rotatable bonds is 4. The van der Waals surface area contributed by atoms with Crippen molar-refractivity contribution in [2.24, 2.45) is 0 Å². The Morgan fingerprint density at radius 2 is 0.902 bits per heavy atom. The second-order valence-electron chi connectivity index (χ2n) is 15.9. The van der Waals surface area contributed by atoms with E-state index in [9.17, 15) is 0 Å². The number of hydrogen-bond donors (Lipinski definition) is 0. The highest BCUT2D eigenvalue weighted by Gasteiger charge is 2.25. The lowest BCUT2D eigenvalue weighted by atomic mass is 10.00. The highest BCUT2D eigenvalue weighted by Crippen LogP contribution is 2.44. The Morgan fingerprint density at radius 1 is 0.426 bits per heavy atom. The SMILES string of the molecule is C=Cc1c(/C=C\C)n(-c2cccc(-n3c4ccccc4c4ccccc43)c2)c2nc3cc4c5ccccc5c5ccccc5c5ccccc5n5c6ccccc6c(c3n12)c45. The van der Waals surface area contributed by atoms with Gasteiger partial charge in [-0.05, 0) is 89.2 Å². The molecule has 5 aromatic heterocycles. The molecule has 0 radical (unpaired) electrons. The van der Waals surface area contributed by atoms with E-state index in [4.69, 9.17) is 4.98 Å². The lowest BCUT2D eigenvalue weighted by Crippen LogP contribution is -2.01. The minimum Gasteiger partial charge on any atom is -0.309 e. The standard InChI is InChI=1S/C56H37N5/c1-3-18-52-47(4-2)61-55-46(57-56(61)59(52)36-20-17-19-35(33-36)58-48-29-13-10-26-42(48)43-27-11-14-30-49(43)58)34-45-40-24-8-6-22-38(40)37-21-5-7-23-39(37)41-25-9-15-31-50(41)60-51-32-16-12-28-44(51)53(55)54(45)60/h3-34H,2H2,1H3/b18-3-. The van der Waals surface area contributed by atoms with Gasteiger partial charge in [-0.25, -0.2) is 4.98 Å². The van der Waals surface area contributed by atoms with Crippen LogP contribution in [0, 0.1) is 0 Å².